The molecule has 2 aromatic rings. The molecule has 0 atom stereocenters. The van der Waals surface area contributed by atoms with Crippen molar-refractivity contribution in [3.8, 4) is 5.75 Å². The number of unbranched alkanes of at least 4 members (excludes halogenated alkanes) is 1. The van der Waals surface area contributed by atoms with Crippen LogP contribution in [0.25, 0.3) is 0 Å². The van der Waals surface area contributed by atoms with Gasteiger partial charge in [-0.05, 0) is 23.8 Å². The molecular formula is C14H17N5O. The third kappa shape index (κ3) is 2.64. The molecule has 104 valence electrons. The maximum Gasteiger partial charge on any atom is 0.121 e. The molecule has 1 aliphatic heterocycles. The molecule has 0 N–H and O–H groups in total. The average Bonchev–Trinajstić information content (AvgIpc) is 3.01. The summed E-state index contributed by atoms with van der Waals surface area (Å²) in [6.07, 6.45) is 5.75. The Morgan fingerprint density at radius 1 is 1.35 bits per heavy atom. The summed E-state index contributed by atoms with van der Waals surface area (Å²) in [7, 11) is 0. The van der Waals surface area contributed by atoms with Gasteiger partial charge in [0.2, 0.25) is 0 Å². The lowest BCUT2D eigenvalue weighted by Crippen LogP contribution is -2.29. The topological polar surface area (TPSA) is 55.0 Å². The molecule has 2 heterocycles. The lowest BCUT2D eigenvalue weighted by Gasteiger charge is -2.22. The Balaban J connectivity index is 1.73. The van der Waals surface area contributed by atoms with Crippen LogP contribution < -0.4 is 9.85 Å². The van der Waals surface area contributed by atoms with Crippen molar-refractivity contribution in [2.45, 2.75) is 26.3 Å². The predicted molar refractivity (Wildman–Crippen MR) is 75.5 cm³/mol. The highest BCUT2D eigenvalue weighted by Gasteiger charge is 2.15. The molecule has 0 radical (unpaired) electrons. The highest BCUT2D eigenvalue weighted by molar-refractivity contribution is 5.51. The average molecular weight is 271 g/mol. The van der Waals surface area contributed by atoms with Gasteiger partial charge in [-0.3, -0.25) is 0 Å². The molecule has 1 aliphatic rings. The van der Waals surface area contributed by atoms with E-state index >= 15 is 0 Å². The van der Waals surface area contributed by atoms with Crippen LogP contribution in [-0.4, -0.2) is 16.5 Å². The summed E-state index contributed by atoms with van der Waals surface area (Å²) in [4.78, 5) is 1.66. The van der Waals surface area contributed by atoms with Crippen LogP contribution in [0.4, 0.5) is 5.69 Å². The summed E-state index contributed by atoms with van der Waals surface area (Å²) in [5.41, 5.74) is 1.97. The molecule has 0 unspecified atom stereocenters. The number of hydrogen-bond acceptors (Lipinski definition) is 5. The van der Waals surface area contributed by atoms with Gasteiger partial charge < -0.3 is 4.74 Å². The largest absolute Gasteiger partial charge is 0.494 e. The van der Waals surface area contributed by atoms with E-state index in [1.54, 1.807) is 16.1 Å². The molecule has 0 saturated heterocycles. The maximum atomic E-state index is 5.68. The molecule has 0 amide bonds. The lowest BCUT2D eigenvalue weighted by molar-refractivity contribution is 0.309. The number of ether oxygens (including phenoxy) is 1. The quantitative estimate of drug-likeness (QED) is 0.785. The van der Waals surface area contributed by atoms with Crippen LogP contribution in [-0.2, 0) is 6.54 Å². The Bertz CT molecular complexity index is 594. The lowest BCUT2D eigenvalue weighted by atomic mass is 10.1. The molecule has 0 spiro atoms. The maximum absolute atomic E-state index is 5.68. The molecule has 3 rings (SSSR count). The van der Waals surface area contributed by atoms with E-state index in [1.165, 1.54) is 0 Å². The van der Waals surface area contributed by atoms with E-state index in [0.29, 0.717) is 6.54 Å². The minimum Gasteiger partial charge on any atom is -0.494 e. The molecule has 1 aromatic carbocycles. The summed E-state index contributed by atoms with van der Waals surface area (Å²) in [6.45, 7) is 3.54. The number of hydrogen-bond donors (Lipinski definition) is 0. The van der Waals surface area contributed by atoms with Crippen molar-refractivity contribution < 1.29 is 4.74 Å². The van der Waals surface area contributed by atoms with E-state index in [1.807, 2.05) is 30.5 Å². The second-order valence-electron chi connectivity index (χ2n) is 4.64. The van der Waals surface area contributed by atoms with Gasteiger partial charge in [0.25, 0.3) is 0 Å². The van der Waals surface area contributed by atoms with Gasteiger partial charge in [0, 0.05) is 11.6 Å². The van der Waals surface area contributed by atoms with Crippen LogP contribution in [0.15, 0.2) is 47.0 Å². The van der Waals surface area contributed by atoms with Crippen molar-refractivity contribution in [1.29, 1.82) is 0 Å². The molecule has 6 heteroatoms. The van der Waals surface area contributed by atoms with Crippen molar-refractivity contribution in [1.82, 2.24) is 9.89 Å². The zero-order chi connectivity index (χ0) is 13.8. The van der Waals surface area contributed by atoms with Gasteiger partial charge in [-0.15, -0.1) is 5.11 Å². The van der Waals surface area contributed by atoms with Gasteiger partial charge >= 0.3 is 0 Å². The normalized spacial score (nSPS) is 13.3. The Morgan fingerprint density at radius 2 is 2.30 bits per heavy atom. The number of aromatic nitrogens is 2. The Kier molecular flexibility index (Phi) is 3.62. The number of rotatable bonds is 5. The fourth-order valence-corrected chi connectivity index (χ4v) is 1.99. The van der Waals surface area contributed by atoms with Gasteiger partial charge in [-0.2, -0.15) is 15.0 Å². The van der Waals surface area contributed by atoms with Crippen molar-refractivity contribution in [3.63, 3.8) is 0 Å². The molecule has 0 saturated carbocycles. The molecule has 6 nitrogen and oxygen atoms in total. The minimum atomic E-state index is 0.649. The minimum absolute atomic E-state index is 0.649. The van der Waals surface area contributed by atoms with Gasteiger partial charge in [-0.25, -0.2) is 0 Å². The summed E-state index contributed by atoms with van der Waals surface area (Å²) in [5, 5.41) is 14.2. The number of fused-ring (bicyclic) bond motifs is 1. The summed E-state index contributed by atoms with van der Waals surface area (Å²) < 4.78 is 5.68. The molecule has 0 fully saturated rings. The van der Waals surface area contributed by atoms with Gasteiger partial charge in [0.05, 0.1) is 31.2 Å². The van der Waals surface area contributed by atoms with E-state index in [2.05, 4.69) is 22.4 Å². The van der Waals surface area contributed by atoms with E-state index in [4.69, 9.17) is 4.74 Å². The van der Waals surface area contributed by atoms with Crippen molar-refractivity contribution in [2.24, 2.45) is 10.3 Å². The zero-order valence-electron chi connectivity index (χ0n) is 11.4. The number of nitrogens with zero attached hydrogens (tertiary/aromatic N) is 5. The second kappa shape index (κ2) is 5.73. The fourth-order valence-electron chi connectivity index (χ4n) is 1.99. The van der Waals surface area contributed by atoms with Crippen molar-refractivity contribution >= 4 is 5.69 Å². The van der Waals surface area contributed by atoms with Gasteiger partial charge in [-0.1, -0.05) is 19.4 Å². The van der Waals surface area contributed by atoms with E-state index < -0.39 is 0 Å². The van der Waals surface area contributed by atoms with Crippen molar-refractivity contribution in [2.75, 3.05) is 11.7 Å². The Labute approximate surface area is 117 Å². The molecular weight excluding hydrogens is 254 g/mol. The first-order valence-electron chi connectivity index (χ1n) is 6.81. The fraction of sp³-hybridized carbons (Fsp3) is 0.357. The summed E-state index contributed by atoms with van der Waals surface area (Å²) in [5.74, 6) is 0.851. The summed E-state index contributed by atoms with van der Waals surface area (Å²) in [6, 6.07) is 7.81. The first kappa shape index (κ1) is 12.7. The smallest absolute Gasteiger partial charge is 0.121 e. The van der Waals surface area contributed by atoms with E-state index in [-0.39, 0.29) is 0 Å². The van der Waals surface area contributed by atoms with E-state index in [0.717, 1.165) is 36.4 Å². The third-order valence-corrected chi connectivity index (χ3v) is 3.12. The Morgan fingerprint density at radius 3 is 3.10 bits per heavy atom. The molecule has 20 heavy (non-hydrogen) atoms. The second-order valence-corrected chi connectivity index (χ2v) is 4.64. The monoisotopic (exact) mass is 271 g/mol. The van der Waals surface area contributed by atoms with Crippen LogP contribution in [0.5, 0.6) is 5.75 Å². The molecule has 0 aliphatic carbocycles. The first-order valence-corrected chi connectivity index (χ1v) is 6.81. The van der Waals surface area contributed by atoms with E-state index in [9.17, 15) is 0 Å². The zero-order valence-corrected chi connectivity index (χ0v) is 11.4. The van der Waals surface area contributed by atoms with Crippen LogP contribution in [0.3, 0.4) is 0 Å². The molecule has 0 bridgehead atoms. The highest BCUT2D eigenvalue weighted by atomic mass is 16.5. The van der Waals surface area contributed by atoms with Crippen LogP contribution in [0, 0.1) is 0 Å². The van der Waals surface area contributed by atoms with Crippen molar-refractivity contribution in [3.05, 3.63) is 42.2 Å². The standard InChI is InChI=1S/C14H17N5O/c1-2-3-9-20-13-6-5-12-11-19(17-16-14(12)10-13)18-8-4-7-15-18/h4-8,10H,2-3,9,11H2,1H3. The SMILES string of the molecule is CCCCOc1ccc2c(c1)N=NN(n1cccn1)C2. The first-order chi connectivity index (χ1) is 9.86. The van der Waals surface area contributed by atoms with Gasteiger partial charge in [0.1, 0.15) is 5.75 Å². The van der Waals surface area contributed by atoms with Gasteiger partial charge in [0.15, 0.2) is 0 Å². The predicted octanol–water partition coefficient (Wildman–Crippen LogP) is 3.21. The summed E-state index contributed by atoms with van der Waals surface area (Å²) >= 11 is 0. The van der Waals surface area contributed by atoms with Crippen LogP contribution >= 0.6 is 0 Å². The number of benzene rings is 1. The van der Waals surface area contributed by atoms with Crippen LogP contribution in [0.1, 0.15) is 25.3 Å². The highest BCUT2D eigenvalue weighted by Crippen LogP contribution is 2.29. The molecule has 1 aromatic heterocycles. The van der Waals surface area contributed by atoms with Crippen LogP contribution in [0.2, 0.25) is 0 Å². The Hall–Kier alpha value is -2.37. The third-order valence-electron chi connectivity index (χ3n) is 3.12.